The van der Waals surface area contributed by atoms with Crippen LogP contribution < -0.4 is 5.32 Å². The van der Waals surface area contributed by atoms with Gasteiger partial charge in [0.25, 0.3) is 5.91 Å². The first-order valence-corrected chi connectivity index (χ1v) is 8.05. The Morgan fingerprint density at radius 1 is 1.17 bits per heavy atom. The van der Waals surface area contributed by atoms with E-state index in [1.807, 2.05) is 0 Å². The Labute approximate surface area is 141 Å². The molecule has 2 heterocycles. The van der Waals surface area contributed by atoms with Gasteiger partial charge in [0.2, 0.25) is 5.91 Å². The summed E-state index contributed by atoms with van der Waals surface area (Å²) in [5.74, 6) is -0.606. The lowest BCUT2D eigenvalue weighted by molar-refractivity contribution is -0.200. The topological polar surface area (TPSA) is 96.3 Å². The Balaban J connectivity index is 2.05. The van der Waals surface area contributed by atoms with Crippen molar-refractivity contribution >= 4 is 11.8 Å². The Hall–Kier alpha value is -1.74. The van der Waals surface area contributed by atoms with Gasteiger partial charge in [-0.2, -0.15) is 5.06 Å². The minimum Gasteiger partial charge on any atom is -0.316 e. The first kappa shape index (κ1) is 18.6. The van der Waals surface area contributed by atoms with E-state index >= 15 is 0 Å². The molecular weight excluding hydrogens is 312 g/mol. The highest BCUT2D eigenvalue weighted by Gasteiger charge is 2.44. The molecule has 134 valence electrons. The van der Waals surface area contributed by atoms with Crippen molar-refractivity contribution in [3.63, 3.8) is 0 Å². The number of amides is 2. The van der Waals surface area contributed by atoms with Crippen molar-refractivity contribution in [2.45, 2.75) is 37.8 Å². The first-order chi connectivity index (χ1) is 11.2. The van der Waals surface area contributed by atoms with Crippen molar-refractivity contribution in [1.82, 2.24) is 20.3 Å². The van der Waals surface area contributed by atoms with Gasteiger partial charge in [0, 0.05) is 25.8 Å². The number of nitrogens with zero attached hydrogens (tertiary/aromatic N) is 3. The summed E-state index contributed by atoms with van der Waals surface area (Å²) < 4.78 is 0. The van der Waals surface area contributed by atoms with Gasteiger partial charge in [-0.3, -0.25) is 14.8 Å². The molecule has 0 unspecified atom stereocenters. The fraction of sp³-hybridized carbons (Fsp3) is 0.625. The minimum atomic E-state index is -1.03. The predicted molar refractivity (Wildman–Crippen MR) is 87.1 cm³/mol. The van der Waals surface area contributed by atoms with E-state index in [1.54, 1.807) is 37.1 Å². The molecule has 2 amide bonds. The first-order valence-electron chi connectivity index (χ1n) is 8.05. The average Bonchev–Trinajstić information content (AvgIpc) is 2.53. The van der Waals surface area contributed by atoms with Crippen LogP contribution in [-0.4, -0.2) is 74.5 Å². The number of piperazine rings is 2. The van der Waals surface area contributed by atoms with E-state index < -0.39 is 11.1 Å². The van der Waals surface area contributed by atoms with E-state index in [-0.39, 0.29) is 18.4 Å². The molecular formula is C16H26N4O4. The van der Waals surface area contributed by atoms with Crippen LogP contribution >= 0.6 is 0 Å². The zero-order valence-electron chi connectivity index (χ0n) is 14.2. The second-order valence-electron chi connectivity index (χ2n) is 6.66. The van der Waals surface area contributed by atoms with Crippen LogP contribution in [0.15, 0.2) is 24.9 Å². The molecule has 2 aliphatic heterocycles. The maximum atomic E-state index is 12.6. The number of rotatable bonds is 5. The van der Waals surface area contributed by atoms with Gasteiger partial charge < -0.3 is 15.4 Å². The second-order valence-corrected chi connectivity index (χ2v) is 6.66. The van der Waals surface area contributed by atoms with E-state index in [4.69, 9.17) is 0 Å². The molecule has 0 aromatic heterocycles. The molecule has 0 aromatic rings. The predicted octanol–water partition coefficient (Wildman–Crippen LogP) is 0.338. The Morgan fingerprint density at radius 2 is 1.88 bits per heavy atom. The summed E-state index contributed by atoms with van der Waals surface area (Å²) in [6.07, 6.45) is 5.67. The van der Waals surface area contributed by atoms with Crippen molar-refractivity contribution in [2.75, 3.05) is 26.2 Å². The Morgan fingerprint density at radius 3 is 2.54 bits per heavy atom. The zero-order chi connectivity index (χ0) is 18.0. The number of hydrogen-bond donors (Lipinski definition) is 3. The largest absolute Gasteiger partial charge is 0.316 e. The van der Waals surface area contributed by atoms with Crippen LogP contribution in [0.2, 0.25) is 0 Å². The van der Waals surface area contributed by atoms with Gasteiger partial charge in [-0.1, -0.05) is 12.2 Å². The van der Waals surface area contributed by atoms with Gasteiger partial charge in [0.05, 0.1) is 6.54 Å². The third-order valence-corrected chi connectivity index (χ3v) is 4.74. The lowest BCUT2D eigenvalue weighted by Crippen LogP contribution is -2.62. The molecule has 0 spiro atoms. The van der Waals surface area contributed by atoms with E-state index in [9.17, 15) is 20.0 Å². The van der Waals surface area contributed by atoms with Crippen LogP contribution in [0.25, 0.3) is 0 Å². The van der Waals surface area contributed by atoms with Gasteiger partial charge >= 0.3 is 0 Å². The maximum Gasteiger partial charge on any atom is 0.266 e. The third kappa shape index (κ3) is 3.36. The van der Waals surface area contributed by atoms with Crippen molar-refractivity contribution < 1.29 is 20.0 Å². The molecule has 3 N–H and O–H groups in total. The molecule has 0 saturated carbocycles. The number of hydrogen-bond acceptors (Lipinski definition) is 6. The summed E-state index contributed by atoms with van der Waals surface area (Å²) in [6, 6.07) is 0. The Bertz CT molecular complexity index is 552. The standard InChI is InChI=1S/C16H26N4O4/c1-4-6-16(3)14(22)18(11-12-20(16)24)9-5-7-15(2)13(21)19(23)10-8-17-15/h4-5,9,17,23-24H,1,6-8,10-12H2,2-3H3/b9-5+/t15-,16-/m0/s1. The molecule has 8 nitrogen and oxygen atoms in total. The highest BCUT2D eigenvalue weighted by Crippen LogP contribution is 2.26. The summed E-state index contributed by atoms with van der Waals surface area (Å²) in [5, 5.41) is 24.5. The van der Waals surface area contributed by atoms with Crippen LogP contribution in [-0.2, 0) is 9.59 Å². The minimum absolute atomic E-state index is 0.218. The number of carbonyl (C=O) groups is 2. The molecule has 8 heteroatoms. The third-order valence-electron chi connectivity index (χ3n) is 4.74. The zero-order valence-corrected chi connectivity index (χ0v) is 14.2. The van der Waals surface area contributed by atoms with Crippen LogP contribution in [0.3, 0.4) is 0 Å². The van der Waals surface area contributed by atoms with Crippen LogP contribution in [0.4, 0.5) is 0 Å². The molecule has 2 atom stereocenters. The molecule has 2 rings (SSSR count). The second kappa shape index (κ2) is 7.02. The fourth-order valence-electron chi connectivity index (χ4n) is 3.06. The van der Waals surface area contributed by atoms with E-state index in [2.05, 4.69) is 11.9 Å². The van der Waals surface area contributed by atoms with E-state index in [0.29, 0.717) is 32.5 Å². The molecule has 24 heavy (non-hydrogen) atoms. The summed E-state index contributed by atoms with van der Waals surface area (Å²) in [7, 11) is 0. The van der Waals surface area contributed by atoms with Crippen molar-refractivity contribution in [1.29, 1.82) is 0 Å². The molecule has 0 aromatic carbocycles. The lowest BCUT2D eigenvalue weighted by atomic mass is 9.92. The monoisotopic (exact) mass is 338 g/mol. The summed E-state index contributed by atoms with van der Waals surface area (Å²) in [5.41, 5.74) is -1.93. The van der Waals surface area contributed by atoms with E-state index in [0.717, 1.165) is 10.1 Å². The van der Waals surface area contributed by atoms with Gasteiger partial charge in [-0.05, 0) is 26.7 Å². The molecule has 2 fully saturated rings. The summed E-state index contributed by atoms with van der Waals surface area (Å²) in [6.45, 7) is 8.50. The number of nitrogens with one attached hydrogen (secondary N) is 1. The lowest BCUT2D eigenvalue weighted by Gasteiger charge is -2.43. The molecule has 2 saturated heterocycles. The smallest absolute Gasteiger partial charge is 0.266 e. The number of carbonyl (C=O) groups excluding carboxylic acids is 2. The van der Waals surface area contributed by atoms with Crippen LogP contribution in [0.5, 0.6) is 0 Å². The van der Waals surface area contributed by atoms with Crippen molar-refractivity contribution in [3.05, 3.63) is 24.9 Å². The molecule has 0 radical (unpaired) electrons. The normalized spacial score (nSPS) is 32.7. The summed E-state index contributed by atoms with van der Waals surface area (Å²) in [4.78, 5) is 26.2. The molecule has 2 aliphatic rings. The summed E-state index contributed by atoms with van der Waals surface area (Å²) >= 11 is 0. The van der Waals surface area contributed by atoms with Gasteiger partial charge in [0.15, 0.2) is 0 Å². The fourth-order valence-corrected chi connectivity index (χ4v) is 3.06. The molecule has 0 aliphatic carbocycles. The highest BCUT2D eigenvalue weighted by atomic mass is 16.5. The highest BCUT2D eigenvalue weighted by molar-refractivity contribution is 5.88. The van der Waals surface area contributed by atoms with Crippen LogP contribution in [0, 0.1) is 0 Å². The quantitative estimate of drug-likeness (QED) is 0.494. The SMILES string of the molecule is C=CC[C@@]1(C)C(=O)N(/C=C/C[C@]2(C)NCCN(O)C2=O)CCN1O. The molecule has 0 bridgehead atoms. The van der Waals surface area contributed by atoms with Gasteiger partial charge in [0.1, 0.15) is 11.1 Å². The number of hydroxylamine groups is 4. The van der Waals surface area contributed by atoms with Gasteiger partial charge in [-0.25, -0.2) is 5.06 Å². The van der Waals surface area contributed by atoms with Crippen molar-refractivity contribution in [3.8, 4) is 0 Å². The van der Waals surface area contributed by atoms with Crippen molar-refractivity contribution in [2.24, 2.45) is 0 Å². The Kier molecular flexibility index (Phi) is 5.44. The average molecular weight is 338 g/mol. The van der Waals surface area contributed by atoms with E-state index in [1.165, 1.54) is 0 Å². The maximum absolute atomic E-state index is 12.6. The van der Waals surface area contributed by atoms with Crippen LogP contribution in [0.1, 0.15) is 26.7 Å². The van der Waals surface area contributed by atoms with Gasteiger partial charge in [-0.15, -0.1) is 6.58 Å².